The Balaban J connectivity index is 1.93. The maximum atomic E-state index is 12.2. The van der Waals surface area contributed by atoms with E-state index in [-0.39, 0.29) is 23.5 Å². The van der Waals surface area contributed by atoms with Gasteiger partial charge in [0.25, 0.3) is 5.91 Å². The van der Waals surface area contributed by atoms with Gasteiger partial charge in [0.1, 0.15) is 0 Å². The molecule has 0 aliphatic carbocycles. The number of amides is 1. The second-order valence-electron chi connectivity index (χ2n) is 5.76. The number of aromatic hydroxyl groups is 3. The van der Waals surface area contributed by atoms with Crippen LogP contribution >= 0.6 is 0 Å². The molecular weight excluding hydrogens is 360 g/mol. The van der Waals surface area contributed by atoms with E-state index in [9.17, 15) is 28.5 Å². The highest BCUT2D eigenvalue weighted by Crippen LogP contribution is 2.35. The number of carbonyl (C=O) groups is 1. The van der Waals surface area contributed by atoms with Gasteiger partial charge in [-0.15, -0.1) is 0 Å². The number of phenolic OH excluding ortho intramolecular Hbond substituents is 3. The van der Waals surface area contributed by atoms with E-state index in [1.165, 1.54) is 6.07 Å². The minimum atomic E-state index is -3.70. The molecule has 0 heterocycles. The highest BCUT2D eigenvalue weighted by molar-refractivity contribution is 7.89. The van der Waals surface area contributed by atoms with Crippen molar-refractivity contribution in [2.75, 3.05) is 13.1 Å². The van der Waals surface area contributed by atoms with Crippen molar-refractivity contribution in [1.82, 2.24) is 10.0 Å². The fourth-order valence-electron chi connectivity index (χ4n) is 2.16. The molecule has 0 aliphatic heterocycles. The summed E-state index contributed by atoms with van der Waals surface area (Å²) >= 11 is 0. The molecule has 0 saturated carbocycles. The standard InChI is InChI=1S/C17H20N2O6S/c1-10-3-4-13(7-11(10)2)26(24,25)19-6-5-18-17(23)12-8-14(20)16(22)15(21)9-12/h3-4,7-9,19-22H,5-6H2,1-2H3,(H,18,23). The molecular formula is C17H20N2O6S. The molecule has 8 nitrogen and oxygen atoms in total. The number of hydrogen-bond donors (Lipinski definition) is 5. The Morgan fingerprint density at radius 1 is 0.962 bits per heavy atom. The van der Waals surface area contributed by atoms with E-state index in [2.05, 4.69) is 10.0 Å². The quantitative estimate of drug-likeness (QED) is 0.376. The van der Waals surface area contributed by atoms with Crippen LogP contribution in [0.2, 0.25) is 0 Å². The Morgan fingerprint density at radius 2 is 1.58 bits per heavy atom. The maximum absolute atomic E-state index is 12.2. The van der Waals surface area contributed by atoms with Crippen molar-refractivity contribution >= 4 is 15.9 Å². The van der Waals surface area contributed by atoms with Crippen molar-refractivity contribution in [3.63, 3.8) is 0 Å². The summed E-state index contributed by atoms with van der Waals surface area (Å²) in [7, 11) is -3.70. The maximum Gasteiger partial charge on any atom is 0.251 e. The zero-order chi connectivity index (χ0) is 19.5. The Labute approximate surface area is 151 Å². The van der Waals surface area contributed by atoms with E-state index >= 15 is 0 Å². The molecule has 2 aromatic carbocycles. The minimum Gasteiger partial charge on any atom is -0.504 e. The Hall–Kier alpha value is -2.78. The summed E-state index contributed by atoms with van der Waals surface area (Å²) in [5, 5.41) is 30.5. The van der Waals surface area contributed by atoms with E-state index in [4.69, 9.17) is 0 Å². The molecule has 2 aromatic rings. The van der Waals surface area contributed by atoms with Gasteiger partial charge in [0.15, 0.2) is 17.2 Å². The number of hydrogen-bond acceptors (Lipinski definition) is 6. The number of sulfonamides is 1. The molecule has 0 bridgehead atoms. The highest BCUT2D eigenvalue weighted by Gasteiger charge is 2.15. The molecule has 140 valence electrons. The van der Waals surface area contributed by atoms with Crippen LogP contribution in [0.25, 0.3) is 0 Å². The van der Waals surface area contributed by atoms with Crippen LogP contribution < -0.4 is 10.0 Å². The lowest BCUT2D eigenvalue weighted by atomic mass is 10.1. The first-order valence-corrected chi connectivity index (χ1v) is 9.20. The second-order valence-corrected chi connectivity index (χ2v) is 7.53. The first-order valence-electron chi connectivity index (χ1n) is 7.72. The monoisotopic (exact) mass is 380 g/mol. The zero-order valence-corrected chi connectivity index (χ0v) is 15.1. The first kappa shape index (κ1) is 19.5. The average molecular weight is 380 g/mol. The molecule has 5 N–H and O–H groups in total. The van der Waals surface area contributed by atoms with E-state index in [1.54, 1.807) is 12.1 Å². The summed E-state index contributed by atoms with van der Waals surface area (Å²) in [4.78, 5) is 12.1. The lowest BCUT2D eigenvalue weighted by molar-refractivity contribution is 0.0953. The number of benzene rings is 2. The van der Waals surface area contributed by atoms with Crippen LogP contribution in [0.15, 0.2) is 35.2 Å². The summed E-state index contributed by atoms with van der Waals surface area (Å²) in [6.07, 6.45) is 0. The largest absolute Gasteiger partial charge is 0.504 e. The average Bonchev–Trinajstić information content (AvgIpc) is 2.58. The lowest BCUT2D eigenvalue weighted by Crippen LogP contribution is -2.34. The van der Waals surface area contributed by atoms with Gasteiger partial charge in [-0.2, -0.15) is 0 Å². The summed E-state index contributed by atoms with van der Waals surface area (Å²) < 4.78 is 26.8. The molecule has 1 amide bonds. The number of nitrogens with one attached hydrogen (secondary N) is 2. The fraction of sp³-hybridized carbons (Fsp3) is 0.235. The van der Waals surface area contributed by atoms with E-state index in [1.807, 2.05) is 13.8 Å². The van der Waals surface area contributed by atoms with Crippen molar-refractivity contribution in [3.8, 4) is 17.2 Å². The van der Waals surface area contributed by atoms with Crippen molar-refractivity contribution in [1.29, 1.82) is 0 Å². The van der Waals surface area contributed by atoms with E-state index < -0.39 is 33.2 Å². The Bertz CT molecular complexity index is 917. The van der Waals surface area contributed by atoms with Crippen LogP contribution in [0.5, 0.6) is 17.2 Å². The van der Waals surface area contributed by atoms with Gasteiger partial charge < -0.3 is 20.6 Å². The molecule has 0 unspecified atom stereocenters. The highest BCUT2D eigenvalue weighted by atomic mass is 32.2. The molecule has 0 atom stereocenters. The topological polar surface area (TPSA) is 136 Å². The third-order valence-corrected chi connectivity index (χ3v) is 5.28. The molecule has 9 heteroatoms. The van der Waals surface area contributed by atoms with Crippen LogP contribution in [0, 0.1) is 13.8 Å². The van der Waals surface area contributed by atoms with Crippen molar-refractivity contribution in [2.45, 2.75) is 18.7 Å². The summed E-state index contributed by atoms with van der Waals surface area (Å²) in [6, 6.07) is 6.77. The summed E-state index contributed by atoms with van der Waals surface area (Å²) in [6.45, 7) is 3.65. The number of phenols is 3. The molecule has 0 fully saturated rings. The van der Waals surface area contributed by atoms with Crippen LogP contribution in [0.3, 0.4) is 0 Å². The Kier molecular flexibility index (Phi) is 5.73. The zero-order valence-electron chi connectivity index (χ0n) is 14.3. The van der Waals surface area contributed by atoms with Crippen LogP contribution in [-0.4, -0.2) is 42.7 Å². The smallest absolute Gasteiger partial charge is 0.251 e. The number of carbonyl (C=O) groups excluding carboxylic acids is 1. The first-order chi connectivity index (χ1) is 12.1. The van der Waals surface area contributed by atoms with E-state index in [0.717, 1.165) is 23.3 Å². The van der Waals surface area contributed by atoms with Gasteiger partial charge in [-0.05, 0) is 49.2 Å². The molecule has 26 heavy (non-hydrogen) atoms. The fourth-order valence-corrected chi connectivity index (χ4v) is 3.28. The van der Waals surface area contributed by atoms with Gasteiger partial charge in [0.2, 0.25) is 10.0 Å². The third kappa shape index (κ3) is 4.44. The van der Waals surface area contributed by atoms with Gasteiger partial charge in [-0.3, -0.25) is 4.79 Å². The van der Waals surface area contributed by atoms with Gasteiger partial charge in [-0.1, -0.05) is 6.07 Å². The molecule has 0 saturated heterocycles. The van der Waals surface area contributed by atoms with Gasteiger partial charge >= 0.3 is 0 Å². The lowest BCUT2D eigenvalue weighted by Gasteiger charge is -2.10. The van der Waals surface area contributed by atoms with Gasteiger partial charge in [-0.25, -0.2) is 13.1 Å². The minimum absolute atomic E-state index is 0.00862. The Morgan fingerprint density at radius 3 is 2.15 bits per heavy atom. The van der Waals surface area contributed by atoms with Gasteiger partial charge in [0.05, 0.1) is 4.90 Å². The third-order valence-electron chi connectivity index (χ3n) is 3.82. The molecule has 2 rings (SSSR count). The summed E-state index contributed by atoms with van der Waals surface area (Å²) in [5.41, 5.74) is 1.76. The van der Waals surface area contributed by atoms with Crippen LogP contribution in [-0.2, 0) is 10.0 Å². The number of rotatable bonds is 6. The predicted molar refractivity (Wildman–Crippen MR) is 94.9 cm³/mol. The van der Waals surface area contributed by atoms with Crippen LogP contribution in [0.4, 0.5) is 0 Å². The van der Waals surface area contributed by atoms with Crippen molar-refractivity contribution in [3.05, 3.63) is 47.0 Å². The second kappa shape index (κ2) is 7.63. The van der Waals surface area contributed by atoms with E-state index in [0.29, 0.717) is 0 Å². The van der Waals surface area contributed by atoms with Crippen molar-refractivity contribution in [2.24, 2.45) is 0 Å². The molecule has 0 aliphatic rings. The molecule has 0 radical (unpaired) electrons. The van der Waals surface area contributed by atoms with Gasteiger partial charge in [0, 0.05) is 18.7 Å². The number of aryl methyl sites for hydroxylation is 2. The SMILES string of the molecule is Cc1ccc(S(=O)(=O)NCCNC(=O)c2cc(O)c(O)c(O)c2)cc1C. The van der Waals surface area contributed by atoms with Crippen LogP contribution in [0.1, 0.15) is 21.5 Å². The predicted octanol–water partition coefficient (Wildman–Crippen LogP) is 1.13. The normalized spacial score (nSPS) is 11.3. The van der Waals surface area contributed by atoms with Crippen molar-refractivity contribution < 1.29 is 28.5 Å². The molecule has 0 spiro atoms. The summed E-state index contributed by atoms with van der Waals surface area (Å²) in [5.74, 6) is -2.63. The molecule has 0 aromatic heterocycles.